The Labute approximate surface area is 129 Å². The molecule has 1 aromatic carbocycles. The van der Waals surface area contributed by atoms with E-state index in [0.29, 0.717) is 16.4 Å². The Morgan fingerprint density at radius 3 is 2.27 bits per heavy atom. The van der Waals surface area contributed by atoms with Gasteiger partial charge in [0.1, 0.15) is 0 Å². The van der Waals surface area contributed by atoms with Crippen LogP contribution in [0.2, 0.25) is 0 Å². The minimum Gasteiger partial charge on any atom is -0.297 e. The second kappa shape index (κ2) is 6.16. The van der Waals surface area contributed by atoms with E-state index in [1.165, 1.54) is 24.6 Å². The molecule has 1 aromatic heterocycles. The predicted molar refractivity (Wildman–Crippen MR) is 82.9 cm³/mol. The largest absolute Gasteiger partial charge is 0.333 e. The highest BCUT2D eigenvalue weighted by atomic mass is 19.3. The van der Waals surface area contributed by atoms with Crippen LogP contribution in [0.25, 0.3) is 11.1 Å². The van der Waals surface area contributed by atoms with Crippen LogP contribution in [0, 0.1) is 6.92 Å². The number of hydrogen-bond acceptors (Lipinski definition) is 2. The van der Waals surface area contributed by atoms with E-state index in [4.69, 9.17) is 0 Å². The molecular formula is C17H21F2N3. The van der Waals surface area contributed by atoms with Gasteiger partial charge in [-0.05, 0) is 50.9 Å². The molecule has 1 aliphatic rings. The summed E-state index contributed by atoms with van der Waals surface area (Å²) in [5.41, 5.74) is 3.59. The Balaban J connectivity index is 1.82. The lowest BCUT2D eigenvalue weighted by Crippen LogP contribution is -2.23. The number of hydrogen-bond donors (Lipinski definition) is 0. The summed E-state index contributed by atoms with van der Waals surface area (Å²) in [6.45, 7) is 3.70. The van der Waals surface area contributed by atoms with Crippen LogP contribution in [-0.4, -0.2) is 27.8 Å². The molecular weight excluding hydrogens is 284 g/mol. The highest BCUT2D eigenvalue weighted by molar-refractivity contribution is 5.65. The number of benzene rings is 1. The van der Waals surface area contributed by atoms with E-state index < -0.39 is 6.55 Å². The van der Waals surface area contributed by atoms with Gasteiger partial charge in [-0.3, -0.25) is 4.90 Å². The van der Waals surface area contributed by atoms with Crippen molar-refractivity contribution in [3.05, 3.63) is 41.7 Å². The van der Waals surface area contributed by atoms with E-state index >= 15 is 0 Å². The lowest BCUT2D eigenvalue weighted by Gasteiger charge is -2.24. The van der Waals surface area contributed by atoms with Crippen molar-refractivity contribution in [2.24, 2.45) is 0 Å². The monoisotopic (exact) mass is 305 g/mol. The first-order chi connectivity index (χ1) is 10.6. The molecule has 118 valence electrons. The molecule has 0 unspecified atom stereocenters. The Morgan fingerprint density at radius 1 is 1.09 bits per heavy atom. The van der Waals surface area contributed by atoms with Crippen LogP contribution in [0.3, 0.4) is 0 Å². The van der Waals surface area contributed by atoms with Gasteiger partial charge in [0.25, 0.3) is 0 Å². The molecule has 0 aliphatic carbocycles. The predicted octanol–water partition coefficient (Wildman–Crippen LogP) is 4.41. The molecule has 0 saturated carbocycles. The van der Waals surface area contributed by atoms with Crippen molar-refractivity contribution in [2.75, 3.05) is 13.1 Å². The fraction of sp³-hybridized carbons (Fsp3) is 0.471. The zero-order valence-electron chi connectivity index (χ0n) is 13.0. The summed E-state index contributed by atoms with van der Waals surface area (Å²) in [5.74, 6) is 0. The van der Waals surface area contributed by atoms with Gasteiger partial charge >= 0.3 is 6.55 Å². The maximum Gasteiger partial charge on any atom is 0.333 e. The highest BCUT2D eigenvalue weighted by Crippen LogP contribution is 2.29. The SMILES string of the molecule is Cc1nn(C(F)F)cc1-c1ccc([C@@H](C)N2CCCC2)cc1. The number of likely N-dealkylation sites (tertiary alicyclic amines) is 1. The summed E-state index contributed by atoms with van der Waals surface area (Å²) in [4.78, 5) is 2.48. The van der Waals surface area contributed by atoms with Gasteiger partial charge in [0, 0.05) is 17.8 Å². The zero-order chi connectivity index (χ0) is 15.7. The summed E-state index contributed by atoms with van der Waals surface area (Å²) >= 11 is 0. The van der Waals surface area contributed by atoms with Crippen LogP contribution in [0.1, 0.15) is 43.6 Å². The van der Waals surface area contributed by atoms with Gasteiger partial charge in [-0.1, -0.05) is 24.3 Å². The van der Waals surface area contributed by atoms with Gasteiger partial charge in [0.05, 0.1) is 5.69 Å². The van der Waals surface area contributed by atoms with Crippen LogP contribution >= 0.6 is 0 Å². The molecule has 1 atom stereocenters. The van der Waals surface area contributed by atoms with E-state index in [1.807, 2.05) is 12.1 Å². The second-order valence-corrected chi connectivity index (χ2v) is 5.93. The van der Waals surface area contributed by atoms with E-state index in [1.54, 1.807) is 6.92 Å². The molecule has 0 bridgehead atoms. The second-order valence-electron chi connectivity index (χ2n) is 5.93. The number of rotatable bonds is 4. The number of aryl methyl sites for hydroxylation is 1. The number of alkyl halides is 2. The van der Waals surface area contributed by atoms with E-state index in [2.05, 4.69) is 29.1 Å². The van der Waals surface area contributed by atoms with Crippen LogP contribution in [0.4, 0.5) is 8.78 Å². The summed E-state index contributed by atoms with van der Waals surface area (Å²) in [6, 6.07) is 8.60. The molecule has 1 fully saturated rings. The first-order valence-electron chi connectivity index (χ1n) is 7.74. The Morgan fingerprint density at radius 2 is 1.73 bits per heavy atom. The molecule has 0 N–H and O–H groups in total. The highest BCUT2D eigenvalue weighted by Gasteiger charge is 2.19. The minimum absolute atomic E-state index is 0.404. The Bertz CT molecular complexity index is 628. The molecule has 5 heteroatoms. The zero-order valence-corrected chi connectivity index (χ0v) is 13.0. The van der Waals surface area contributed by atoms with Gasteiger partial charge in [0.15, 0.2) is 0 Å². The minimum atomic E-state index is -2.60. The fourth-order valence-corrected chi connectivity index (χ4v) is 3.15. The molecule has 1 saturated heterocycles. The fourth-order valence-electron chi connectivity index (χ4n) is 3.15. The van der Waals surface area contributed by atoms with Crippen LogP contribution < -0.4 is 0 Å². The molecule has 2 heterocycles. The first-order valence-corrected chi connectivity index (χ1v) is 7.74. The van der Waals surface area contributed by atoms with Crippen LogP contribution in [-0.2, 0) is 0 Å². The topological polar surface area (TPSA) is 21.1 Å². The first kappa shape index (κ1) is 15.2. The van der Waals surface area contributed by atoms with Crippen molar-refractivity contribution in [2.45, 2.75) is 39.3 Å². The van der Waals surface area contributed by atoms with Crippen molar-refractivity contribution < 1.29 is 8.78 Å². The normalized spacial score (nSPS) is 17.3. The smallest absolute Gasteiger partial charge is 0.297 e. The summed E-state index contributed by atoms with van der Waals surface area (Å²) in [6.07, 6.45) is 3.96. The lowest BCUT2D eigenvalue weighted by atomic mass is 10.0. The lowest BCUT2D eigenvalue weighted by molar-refractivity contribution is 0.0563. The quantitative estimate of drug-likeness (QED) is 0.834. The van der Waals surface area contributed by atoms with E-state index in [9.17, 15) is 8.78 Å². The van der Waals surface area contributed by atoms with Gasteiger partial charge in [-0.2, -0.15) is 13.9 Å². The van der Waals surface area contributed by atoms with Crippen molar-refractivity contribution in [1.29, 1.82) is 0 Å². The Kier molecular flexibility index (Phi) is 4.25. The summed E-state index contributed by atoms with van der Waals surface area (Å²) in [7, 11) is 0. The standard InChI is InChI=1S/C17H21F2N3/c1-12-16(11-22(20-12)17(18)19)15-7-5-14(6-8-15)13(2)21-9-3-4-10-21/h5-8,11,13,17H,3-4,9-10H2,1-2H3/t13-/m1/s1. The Hall–Kier alpha value is -1.75. The van der Waals surface area contributed by atoms with Crippen molar-refractivity contribution in [1.82, 2.24) is 14.7 Å². The van der Waals surface area contributed by atoms with Gasteiger partial charge in [-0.15, -0.1) is 0 Å². The van der Waals surface area contributed by atoms with Crippen LogP contribution in [0.5, 0.6) is 0 Å². The third-order valence-corrected chi connectivity index (χ3v) is 4.51. The molecule has 0 amide bonds. The van der Waals surface area contributed by atoms with Gasteiger partial charge in [0.2, 0.25) is 0 Å². The molecule has 0 spiro atoms. The van der Waals surface area contributed by atoms with Gasteiger partial charge in [-0.25, -0.2) is 4.68 Å². The maximum absolute atomic E-state index is 12.7. The molecule has 0 radical (unpaired) electrons. The maximum atomic E-state index is 12.7. The average Bonchev–Trinajstić information content (AvgIpc) is 3.16. The molecule has 22 heavy (non-hydrogen) atoms. The molecule has 1 aliphatic heterocycles. The van der Waals surface area contributed by atoms with Crippen LogP contribution in [0.15, 0.2) is 30.5 Å². The number of aromatic nitrogens is 2. The van der Waals surface area contributed by atoms with Gasteiger partial charge < -0.3 is 0 Å². The van der Waals surface area contributed by atoms with Crippen molar-refractivity contribution >= 4 is 0 Å². The van der Waals surface area contributed by atoms with E-state index in [0.717, 1.165) is 24.2 Å². The third kappa shape index (κ3) is 2.90. The molecule has 2 aromatic rings. The van der Waals surface area contributed by atoms with Crippen molar-refractivity contribution in [3.8, 4) is 11.1 Å². The van der Waals surface area contributed by atoms with E-state index in [-0.39, 0.29) is 0 Å². The molecule has 3 rings (SSSR count). The summed E-state index contributed by atoms with van der Waals surface area (Å²) < 4.78 is 26.1. The molecule has 3 nitrogen and oxygen atoms in total. The number of halogens is 2. The third-order valence-electron chi connectivity index (χ3n) is 4.51. The number of nitrogens with zero attached hydrogens (tertiary/aromatic N) is 3. The average molecular weight is 305 g/mol. The summed E-state index contributed by atoms with van der Waals surface area (Å²) in [5, 5.41) is 3.87. The van der Waals surface area contributed by atoms with Crippen molar-refractivity contribution in [3.63, 3.8) is 0 Å².